The summed E-state index contributed by atoms with van der Waals surface area (Å²) in [5.74, 6) is 0.736. The number of hydrogen-bond donors (Lipinski definition) is 1. The van der Waals surface area contributed by atoms with E-state index in [1.807, 2.05) is 19.1 Å². The third-order valence-electron chi connectivity index (χ3n) is 3.70. The van der Waals surface area contributed by atoms with E-state index in [-0.39, 0.29) is 0 Å². The summed E-state index contributed by atoms with van der Waals surface area (Å²) in [6.07, 6.45) is 2.59. The minimum absolute atomic E-state index is 0.736. The maximum atomic E-state index is 8.94. The van der Waals surface area contributed by atoms with Crippen LogP contribution in [-0.4, -0.2) is 26.7 Å². The van der Waals surface area contributed by atoms with Gasteiger partial charge in [-0.15, -0.1) is 0 Å². The van der Waals surface area contributed by atoms with Gasteiger partial charge in [0.15, 0.2) is 0 Å². The zero-order valence-corrected chi connectivity index (χ0v) is 11.2. The van der Waals surface area contributed by atoms with E-state index in [2.05, 4.69) is 29.4 Å². The van der Waals surface area contributed by atoms with Crippen molar-refractivity contribution in [2.75, 3.05) is 31.6 Å². The van der Waals surface area contributed by atoms with Gasteiger partial charge >= 0.3 is 0 Å². The van der Waals surface area contributed by atoms with Crippen LogP contribution in [0.15, 0.2) is 18.2 Å². The molecule has 0 spiro atoms. The summed E-state index contributed by atoms with van der Waals surface area (Å²) < 4.78 is 0. The molecule has 0 amide bonds. The van der Waals surface area contributed by atoms with Crippen molar-refractivity contribution in [1.82, 2.24) is 5.32 Å². The second kappa shape index (κ2) is 5.88. The Bertz CT molecular complexity index is 442. The molecule has 1 atom stereocenters. The average molecular weight is 243 g/mol. The number of nitrogens with zero attached hydrogens (tertiary/aromatic N) is 2. The molecule has 18 heavy (non-hydrogen) atoms. The molecule has 1 N–H and O–H groups in total. The van der Waals surface area contributed by atoms with Crippen LogP contribution in [0.25, 0.3) is 0 Å². The van der Waals surface area contributed by atoms with Crippen molar-refractivity contribution in [3.63, 3.8) is 0 Å². The quantitative estimate of drug-likeness (QED) is 0.885. The lowest BCUT2D eigenvalue weighted by molar-refractivity contribution is 0.381. The van der Waals surface area contributed by atoms with Gasteiger partial charge in [0.1, 0.15) is 0 Å². The van der Waals surface area contributed by atoms with Crippen LogP contribution in [0.3, 0.4) is 0 Å². The van der Waals surface area contributed by atoms with Crippen molar-refractivity contribution < 1.29 is 0 Å². The fraction of sp³-hybridized carbons (Fsp3) is 0.533. The maximum absolute atomic E-state index is 8.94. The normalized spacial score (nSPS) is 19.3. The van der Waals surface area contributed by atoms with E-state index in [1.165, 1.54) is 18.5 Å². The first-order valence-electron chi connectivity index (χ1n) is 6.63. The number of rotatable bonds is 3. The minimum atomic E-state index is 0.736. The van der Waals surface area contributed by atoms with E-state index in [1.54, 1.807) is 0 Å². The summed E-state index contributed by atoms with van der Waals surface area (Å²) in [5, 5.41) is 12.4. The highest BCUT2D eigenvalue weighted by Gasteiger charge is 2.15. The van der Waals surface area contributed by atoms with Crippen LogP contribution in [0.4, 0.5) is 5.69 Å². The van der Waals surface area contributed by atoms with E-state index in [9.17, 15) is 0 Å². The molecule has 1 fully saturated rings. The first kappa shape index (κ1) is 12.9. The van der Waals surface area contributed by atoms with Crippen LogP contribution >= 0.6 is 0 Å². The lowest BCUT2D eigenvalue weighted by Gasteiger charge is -2.29. The van der Waals surface area contributed by atoms with Crippen molar-refractivity contribution in [3.8, 4) is 6.07 Å². The molecule has 0 radical (unpaired) electrons. The van der Waals surface area contributed by atoms with Gasteiger partial charge in [-0.05, 0) is 62.5 Å². The number of nitrogens with one attached hydrogen (secondary N) is 1. The van der Waals surface area contributed by atoms with Gasteiger partial charge in [0.25, 0.3) is 0 Å². The molecule has 3 nitrogen and oxygen atoms in total. The molecule has 1 aromatic carbocycles. The Balaban J connectivity index is 2.02. The number of nitriles is 1. The molecule has 1 aliphatic heterocycles. The Hall–Kier alpha value is -1.53. The van der Waals surface area contributed by atoms with Gasteiger partial charge in [-0.3, -0.25) is 0 Å². The average Bonchev–Trinajstić information content (AvgIpc) is 2.39. The van der Waals surface area contributed by atoms with E-state index in [4.69, 9.17) is 5.26 Å². The molecule has 0 aromatic heterocycles. The fourth-order valence-corrected chi connectivity index (χ4v) is 2.58. The molecule has 1 unspecified atom stereocenters. The van der Waals surface area contributed by atoms with Gasteiger partial charge in [-0.25, -0.2) is 0 Å². The molecule has 0 aliphatic carbocycles. The summed E-state index contributed by atoms with van der Waals surface area (Å²) in [7, 11) is 2.13. The lowest BCUT2D eigenvalue weighted by Crippen LogP contribution is -2.36. The van der Waals surface area contributed by atoms with E-state index in [0.29, 0.717) is 0 Å². The molecule has 1 aliphatic rings. The van der Waals surface area contributed by atoms with Crippen LogP contribution in [0.2, 0.25) is 0 Å². The van der Waals surface area contributed by atoms with Gasteiger partial charge in [-0.2, -0.15) is 5.26 Å². The summed E-state index contributed by atoms with van der Waals surface area (Å²) in [5.41, 5.74) is 3.03. The van der Waals surface area contributed by atoms with Crippen LogP contribution < -0.4 is 10.2 Å². The topological polar surface area (TPSA) is 39.1 Å². The Morgan fingerprint density at radius 2 is 2.33 bits per heavy atom. The zero-order chi connectivity index (χ0) is 13.0. The molecule has 96 valence electrons. The smallest absolute Gasteiger partial charge is 0.0994 e. The van der Waals surface area contributed by atoms with Gasteiger partial charge in [0.2, 0.25) is 0 Å². The van der Waals surface area contributed by atoms with E-state index >= 15 is 0 Å². The molecule has 0 bridgehead atoms. The first-order valence-corrected chi connectivity index (χ1v) is 6.63. The summed E-state index contributed by atoms with van der Waals surface area (Å²) in [6.45, 7) is 5.37. The van der Waals surface area contributed by atoms with Gasteiger partial charge < -0.3 is 10.2 Å². The Kier molecular flexibility index (Phi) is 4.22. The number of benzene rings is 1. The second-order valence-corrected chi connectivity index (χ2v) is 5.20. The van der Waals surface area contributed by atoms with Crippen molar-refractivity contribution in [2.45, 2.75) is 19.8 Å². The Morgan fingerprint density at radius 3 is 2.94 bits per heavy atom. The SMILES string of the molecule is Cc1cc(N(C)CC2CCCNC2)ccc1C#N. The highest BCUT2D eigenvalue weighted by molar-refractivity contribution is 5.53. The molecule has 1 heterocycles. The molecule has 3 heteroatoms. The highest BCUT2D eigenvalue weighted by atomic mass is 15.1. The molecular formula is C15H21N3. The summed E-state index contributed by atoms with van der Waals surface area (Å²) in [4.78, 5) is 2.30. The van der Waals surface area contributed by atoms with E-state index < -0.39 is 0 Å². The van der Waals surface area contributed by atoms with Gasteiger partial charge in [-0.1, -0.05) is 0 Å². The third kappa shape index (κ3) is 3.02. The van der Waals surface area contributed by atoms with Crippen LogP contribution in [-0.2, 0) is 0 Å². The Morgan fingerprint density at radius 1 is 1.50 bits per heavy atom. The monoisotopic (exact) mass is 243 g/mol. The van der Waals surface area contributed by atoms with E-state index in [0.717, 1.165) is 36.7 Å². The van der Waals surface area contributed by atoms with Crippen LogP contribution in [0.1, 0.15) is 24.0 Å². The standard InChI is InChI=1S/C15H21N3/c1-12-8-15(6-5-14(12)9-16)18(2)11-13-4-3-7-17-10-13/h5-6,8,13,17H,3-4,7,10-11H2,1-2H3. The number of aryl methyl sites for hydroxylation is 1. The predicted octanol–water partition coefficient (Wildman–Crippen LogP) is 2.30. The number of anilines is 1. The summed E-state index contributed by atoms with van der Waals surface area (Å²) in [6, 6.07) is 8.28. The fourth-order valence-electron chi connectivity index (χ4n) is 2.58. The largest absolute Gasteiger partial charge is 0.374 e. The van der Waals surface area contributed by atoms with Crippen molar-refractivity contribution in [3.05, 3.63) is 29.3 Å². The first-order chi connectivity index (χ1) is 8.70. The molecule has 0 saturated carbocycles. The minimum Gasteiger partial charge on any atom is -0.374 e. The Labute approximate surface area is 109 Å². The third-order valence-corrected chi connectivity index (χ3v) is 3.70. The van der Waals surface area contributed by atoms with Crippen LogP contribution in [0.5, 0.6) is 0 Å². The lowest BCUT2D eigenvalue weighted by atomic mass is 9.99. The number of hydrogen-bond acceptors (Lipinski definition) is 3. The molecule has 1 aromatic rings. The van der Waals surface area contributed by atoms with Crippen molar-refractivity contribution in [1.29, 1.82) is 5.26 Å². The summed E-state index contributed by atoms with van der Waals surface area (Å²) >= 11 is 0. The van der Waals surface area contributed by atoms with Crippen molar-refractivity contribution in [2.24, 2.45) is 5.92 Å². The molecular weight excluding hydrogens is 222 g/mol. The molecule has 2 rings (SSSR count). The highest BCUT2D eigenvalue weighted by Crippen LogP contribution is 2.20. The van der Waals surface area contributed by atoms with Crippen molar-refractivity contribution >= 4 is 5.69 Å². The predicted molar refractivity (Wildman–Crippen MR) is 74.8 cm³/mol. The second-order valence-electron chi connectivity index (χ2n) is 5.20. The zero-order valence-electron chi connectivity index (χ0n) is 11.2. The van der Waals surface area contributed by atoms with Gasteiger partial charge in [0, 0.05) is 19.3 Å². The molecule has 1 saturated heterocycles. The van der Waals surface area contributed by atoms with Crippen LogP contribution in [0, 0.1) is 24.2 Å². The van der Waals surface area contributed by atoms with Gasteiger partial charge in [0.05, 0.1) is 11.6 Å². The maximum Gasteiger partial charge on any atom is 0.0994 e. The number of piperidine rings is 1.